The highest BCUT2D eigenvalue weighted by Gasteiger charge is 2.22. The van der Waals surface area contributed by atoms with Crippen LogP contribution in [0.25, 0.3) is 25.7 Å². The van der Waals surface area contributed by atoms with Crippen molar-refractivity contribution in [3.63, 3.8) is 0 Å². The minimum absolute atomic E-state index is 0.0705. The van der Waals surface area contributed by atoms with Crippen LogP contribution in [0.15, 0.2) is 65.7 Å². The zero-order valence-corrected chi connectivity index (χ0v) is 14.5. The number of thiophene rings is 1. The minimum atomic E-state index is 0.0705. The first-order valence-electron chi connectivity index (χ1n) is 8.20. The highest BCUT2D eigenvalue weighted by Crippen LogP contribution is 2.37. The van der Waals surface area contributed by atoms with Crippen LogP contribution in [-0.2, 0) is 0 Å². The molecule has 0 saturated carbocycles. The van der Waals surface area contributed by atoms with Gasteiger partial charge in [0.05, 0.1) is 6.34 Å². The first-order chi connectivity index (χ1) is 11.7. The van der Waals surface area contributed by atoms with Gasteiger partial charge in [0, 0.05) is 32.1 Å². The second-order valence-electron chi connectivity index (χ2n) is 6.65. The van der Waals surface area contributed by atoms with E-state index in [1.807, 2.05) is 11.3 Å². The number of hydrogen-bond donors (Lipinski definition) is 1. The average molecular weight is 332 g/mol. The monoisotopic (exact) mass is 332 g/mol. The van der Waals surface area contributed by atoms with Gasteiger partial charge in [0.1, 0.15) is 0 Å². The van der Waals surface area contributed by atoms with Gasteiger partial charge >= 0.3 is 0 Å². The van der Waals surface area contributed by atoms with Gasteiger partial charge < -0.3 is 5.73 Å². The van der Waals surface area contributed by atoms with E-state index in [1.54, 1.807) is 0 Å². The van der Waals surface area contributed by atoms with E-state index < -0.39 is 0 Å². The zero-order chi connectivity index (χ0) is 16.6. The van der Waals surface area contributed by atoms with Crippen molar-refractivity contribution in [2.75, 3.05) is 6.54 Å². The topological polar surface area (TPSA) is 38.4 Å². The van der Waals surface area contributed by atoms with Crippen LogP contribution >= 0.6 is 11.3 Å². The van der Waals surface area contributed by atoms with Crippen molar-refractivity contribution in [1.29, 1.82) is 0 Å². The predicted molar refractivity (Wildman–Crippen MR) is 107 cm³/mol. The molecular weight excluding hydrogens is 312 g/mol. The summed E-state index contributed by atoms with van der Waals surface area (Å²) in [5.74, 6) is 0. The van der Waals surface area contributed by atoms with Crippen LogP contribution in [0.1, 0.15) is 18.9 Å². The molecule has 1 atom stereocenters. The minimum Gasteiger partial charge on any atom is -0.390 e. The molecule has 4 rings (SSSR count). The second kappa shape index (κ2) is 5.91. The standard InChI is InChI=1S/C21H20N2S/c1-21(13-23-14-22)10-8-15(9-11-21)16-6-7-18-17-4-2-3-5-19(17)24-20(18)12-16/h2-10,12,14H,11,13H2,1H3,(H2,22,23). The largest absolute Gasteiger partial charge is 0.390 e. The van der Waals surface area contributed by atoms with E-state index in [4.69, 9.17) is 5.73 Å². The van der Waals surface area contributed by atoms with Gasteiger partial charge in [-0.05, 0) is 29.7 Å². The van der Waals surface area contributed by atoms with Crippen molar-refractivity contribution in [2.24, 2.45) is 16.1 Å². The van der Waals surface area contributed by atoms with Crippen molar-refractivity contribution in [2.45, 2.75) is 13.3 Å². The van der Waals surface area contributed by atoms with Crippen molar-refractivity contribution in [3.8, 4) is 0 Å². The van der Waals surface area contributed by atoms with Crippen LogP contribution in [0.4, 0.5) is 0 Å². The number of hydrogen-bond acceptors (Lipinski definition) is 2. The number of rotatable bonds is 3. The van der Waals surface area contributed by atoms with Crippen LogP contribution in [0.3, 0.4) is 0 Å². The van der Waals surface area contributed by atoms with E-state index in [9.17, 15) is 0 Å². The summed E-state index contributed by atoms with van der Waals surface area (Å²) in [6.07, 6.45) is 9.20. The Labute approximate surface area is 146 Å². The van der Waals surface area contributed by atoms with E-state index in [-0.39, 0.29) is 5.41 Å². The maximum Gasteiger partial charge on any atom is 0.0798 e. The normalized spacial score (nSPS) is 21.0. The van der Waals surface area contributed by atoms with Gasteiger partial charge in [0.15, 0.2) is 0 Å². The van der Waals surface area contributed by atoms with Crippen LogP contribution in [0.2, 0.25) is 0 Å². The zero-order valence-electron chi connectivity index (χ0n) is 13.7. The number of nitrogens with two attached hydrogens (primary N) is 1. The van der Waals surface area contributed by atoms with Crippen molar-refractivity contribution < 1.29 is 0 Å². The lowest BCUT2D eigenvalue weighted by Gasteiger charge is -2.26. The molecule has 0 spiro atoms. The molecule has 120 valence electrons. The number of fused-ring (bicyclic) bond motifs is 3. The van der Waals surface area contributed by atoms with E-state index in [2.05, 4.69) is 72.6 Å². The van der Waals surface area contributed by atoms with E-state index in [0.717, 1.165) is 13.0 Å². The Hall–Kier alpha value is -2.39. The fraction of sp³-hybridized carbons (Fsp3) is 0.190. The molecule has 0 saturated heterocycles. The van der Waals surface area contributed by atoms with Crippen molar-refractivity contribution >= 4 is 43.4 Å². The number of allylic oxidation sites excluding steroid dienone is 3. The maximum absolute atomic E-state index is 5.38. The molecule has 0 aliphatic heterocycles. The Morgan fingerprint density at radius 3 is 2.79 bits per heavy atom. The molecular formula is C21H20N2S. The Morgan fingerprint density at radius 1 is 1.17 bits per heavy atom. The highest BCUT2D eigenvalue weighted by molar-refractivity contribution is 7.25. The highest BCUT2D eigenvalue weighted by atomic mass is 32.1. The van der Waals surface area contributed by atoms with Gasteiger partial charge in [-0.1, -0.05) is 55.5 Å². The molecule has 1 unspecified atom stereocenters. The lowest BCUT2D eigenvalue weighted by molar-refractivity contribution is 0.446. The fourth-order valence-electron chi connectivity index (χ4n) is 3.27. The number of aliphatic imine (C=N–C) groups is 1. The lowest BCUT2D eigenvalue weighted by atomic mass is 9.81. The third-order valence-electron chi connectivity index (χ3n) is 4.72. The van der Waals surface area contributed by atoms with Gasteiger partial charge in [-0.2, -0.15) is 0 Å². The smallest absolute Gasteiger partial charge is 0.0798 e. The molecule has 1 aliphatic rings. The summed E-state index contributed by atoms with van der Waals surface area (Å²) in [5.41, 5.74) is 8.03. The molecule has 0 amide bonds. The molecule has 2 nitrogen and oxygen atoms in total. The summed E-state index contributed by atoms with van der Waals surface area (Å²) in [6.45, 7) is 2.96. The van der Waals surface area contributed by atoms with E-state index in [1.165, 1.54) is 37.6 Å². The first-order valence-corrected chi connectivity index (χ1v) is 9.01. The van der Waals surface area contributed by atoms with Gasteiger partial charge in [0.25, 0.3) is 0 Å². The molecule has 0 bridgehead atoms. The fourth-order valence-corrected chi connectivity index (χ4v) is 4.41. The maximum atomic E-state index is 5.38. The van der Waals surface area contributed by atoms with Gasteiger partial charge in [0.2, 0.25) is 0 Å². The van der Waals surface area contributed by atoms with Crippen LogP contribution in [0, 0.1) is 5.41 Å². The third-order valence-corrected chi connectivity index (χ3v) is 5.86. The Kier molecular flexibility index (Phi) is 3.73. The Morgan fingerprint density at radius 2 is 2.00 bits per heavy atom. The van der Waals surface area contributed by atoms with Crippen LogP contribution < -0.4 is 5.73 Å². The molecule has 0 fully saturated rings. The Balaban J connectivity index is 1.68. The summed E-state index contributed by atoms with van der Waals surface area (Å²) in [5, 5.41) is 2.70. The molecule has 24 heavy (non-hydrogen) atoms. The number of nitrogens with zero attached hydrogens (tertiary/aromatic N) is 1. The Bertz CT molecular complexity index is 993. The summed E-state index contributed by atoms with van der Waals surface area (Å²) < 4.78 is 2.70. The average Bonchev–Trinajstić information content (AvgIpc) is 2.98. The van der Waals surface area contributed by atoms with Gasteiger partial charge in [-0.15, -0.1) is 11.3 Å². The van der Waals surface area contributed by atoms with E-state index in [0.29, 0.717) is 0 Å². The summed E-state index contributed by atoms with van der Waals surface area (Å²) in [7, 11) is 0. The lowest BCUT2D eigenvalue weighted by Crippen LogP contribution is -2.19. The predicted octanol–water partition coefficient (Wildman–Crippen LogP) is 5.39. The summed E-state index contributed by atoms with van der Waals surface area (Å²) >= 11 is 1.87. The van der Waals surface area contributed by atoms with Crippen molar-refractivity contribution in [3.05, 3.63) is 66.3 Å². The second-order valence-corrected chi connectivity index (χ2v) is 7.73. The summed E-state index contributed by atoms with van der Waals surface area (Å²) in [6, 6.07) is 15.4. The molecule has 1 aliphatic carbocycles. The first kappa shape index (κ1) is 15.2. The third kappa shape index (κ3) is 2.65. The number of benzene rings is 2. The molecule has 3 aromatic rings. The molecule has 2 aromatic carbocycles. The summed E-state index contributed by atoms with van der Waals surface area (Å²) in [4.78, 5) is 4.20. The van der Waals surface area contributed by atoms with E-state index >= 15 is 0 Å². The molecule has 0 radical (unpaired) electrons. The molecule has 1 heterocycles. The molecule has 1 aromatic heterocycles. The van der Waals surface area contributed by atoms with Gasteiger partial charge in [-0.3, -0.25) is 4.99 Å². The quantitative estimate of drug-likeness (QED) is 0.507. The molecule has 2 N–H and O–H groups in total. The van der Waals surface area contributed by atoms with Crippen molar-refractivity contribution in [1.82, 2.24) is 0 Å². The molecule has 3 heteroatoms. The SMILES string of the molecule is CC1(CN=CN)C=CC(c2ccc3c(c2)sc2ccccc23)=CC1. The van der Waals surface area contributed by atoms with Crippen LogP contribution in [-0.4, -0.2) is 12.9 Å². The van der Waals surface area contributed by atoms with Gasteiger partial charge in [-0.25, -0.2) is 0 Å². The van der Waals surface area contributed by atoms with Crippen LogP contribution in [0.5, 0.6) is 0 Å².